The molecule has 0 spiro atoms. The van der Waals surface area contributed by atoms with Gasteiger partial charge in [0.25, 0.3) is 11.8 Å². The molecule has 0 radical (unpaired) electrons. The first-order chi connectivity index (χ1) is 14.5. The number of carboxylic acids is 1. The molecule has 158 valence electrons. The summed E-state index contributed by atoms with van der Waals surface area (Å²) in [4.78, 5) is 37.4. The summed E-state index contributed by atoms with van der Waals surface area (Å²) in [5, 5.41) is 14.8. The monoisotopic (exact) mass is 428 g/mol. The Morgan fingerprint density at radius 1 is 1.20 bits per heavy atom. The first-order valence-electron chi connectivity index (χ1n) is 9.65. The van der Waals surface area contributed by atoms with Crippen molar-refractivity contribution in [1.82, 2.24) is 5.32 Å². The molecule has 0 aromatic heterocycles. The highest BCUT2D eigenvalue weighted by Gasteiger charge is 2.24. The fourth-order valence-corrected chi connectivity index (χ4v) is 3.66. The first-order valence-corrected chi connectivity index (χ1v) is 10.9. The molecule has 0 aliphatic carbocycles. The molecule has 1 aliphatic heterocycles. The van der Waals surface area contributed by atoms with E-state index in [2.05, 4.69) is 10.6 Å². The summed E-state index contributed by atoms with van der Waals surface area (Å²) in [5.74, 6) is -1.65. The van der Waals surface area contributed by atoms with E-state index in [-0.39, 0.29) is 12.3 Å². The van der Waals surface area contributed by atoms with Crippen LogP contribution in [0.5, 0.6) is 0 Å². The van der Waals surface area contributed by atoms with Crippen molar-refractivity contribution in [3.05, 3.63) is 59.7 Å². The Morgan fingerprint density at radius 3 is 2.60 bits per heavy atom. The molecule has 3 N–H and O–H groups in total. The zero-order chi connectivity index (χ0) is 21.5. The van der Waals surface area contributed by atoms with Crippen LogP contribution in [0.1, 0.15) is 41.2 Å². The van der Waals surface area contributed by atoms with Crippen molar-refractivity contribution in [2.24, 2.45) is 0 Å². The molecule has 1 aliphatic rings. The van der Waals surface area contributed by atoms with Crippen LogP contribution < -0.4 is 10.6 Å². The molecule has 0 unspecified atom stereocenters. The Labute approximate surface area is 179 Å². The van der Waals surface area contributed by atoms with Crippen molar-refractivity contribution >= 4 is 35.2 Å². The highest BCUT2D eigenvalue weighted by atomic mass is 32.2. The zero-order valence-corrected chi connectivity index (χ0v) is 17.4. The molecule has 0 bridgehead atoms. The van der Waals surface area contributed by atoms with Crippen LogP contribution in [-0.4, -0.2) is 41.9 Å². The van der Waals surface area contributed by atoms with E-state index in [1.54, 1.807) is 36.0 Å². The molecule has 3 rings (SSSR count). The van der Waals surface area contributed by atoms with E-state index in [0.29, 0.717) is 29.8 Å². The predicted octanol–water partition coefficient (Wildman–Crippen LogP) is 3.47. The van der Waals surface area contributed by atoms with Crippen LogP contribution in [0.2, 0.25) is 0 Å². The van der Waals surface area contributed by atoms with Gasteiger partial charge in [-0.25, -0.2) is 0 Å². The average molecular weight is 429 g/mol. The minimum absolute atomic E-state index is 0.234. The van der Waals surface area contributed by atoms with Crippen molar-refractivity contribution in [1.29, 1.82) is 0 Å². The molecule has 2 amide bonds. The topological polar surface area (TPSA) is 105 Å². The number of carbonyl (C=O) groups excluding carboxylic acids is 2. The maximum absolute atomic E-state index is 12.8. The molecule has 1 heterocycles. The van der Waals surface area contributed by atoms with Gasteiger partial charge in [-0.05, 0) is 55.0 Å². The van der Waals surface area contributed by atoms with E-state index >= 15 is 0 Å². The van der Waals surface area contributed by atoms with E-state index in [9.17, 15) is 19.5 Å². The van der Waals surface area contributed by atoms with Crippen LogP contribution in [0.25, 0.3) is 0 Å². The van der Waals surface area contributed by atoms with Crippen molar-refractivity contribution in [3.63, 3.8) is 0 Å². The SMILES string of the molecule is CSc1ccc([C@@H](CC(=O)O)NC(=O)c2cccc(NC(=O)[C@H]3CCCO3)c2)cc1. The Morgan fingerprint density at radius 2 is 1.97 bits per heavy atom. The van der Waals surface area contributed by atoms with Crippen molar-refractivity contribution in [2.45, 2.75) is 36.3 Å². The van der Waals surface area contributed by atoms with Crippen LogP contribution in [-0.2, 0) is 14.3 Å². The summed E-state index contributed by atoms with van der Waals surface area (Å²) in [6.45, 7) is 0.573. The molecular weight excluding hydrogens is 404 g/mol. The second-order valence-electron chi connectivity index (χ2n) is 6.97. The number of thioether (sulfide) groups is 1. The minimum Gasteiger partial charge on any atom is -0.481 e. The number of rotatable bonds is 8. The van der Waals surface area contributed by atoms with Crippen molar-refractivity contribution in [2.75, 3.05) is 18.2 Å². The Balaban J connectivity index is 1.71. The van der Waals surface area contributed by atoms with Crippen LogP contribution in [0.4, 0.5) is 5.69 Å². The Kier molecular flexibility index (Phi) is 7.48. The van der Waals surface area contributed by atoms with Crippen molar-refractivity contribution < 1.29 is 24.2 Å². The lowest BCUT2D eigenvalue weighted by molar-refractivity contribution is -0.137. The van der Waals surface area contributed by atoms with Crippen LogP contribution in [0, 0.1) is 0 Å². The van der Waals surface area contributed by atoms with Gasteiger partial charge in [0.15, 0.2) is 0 Å². The summed E-state index contributed by atoms with van der Waals surface area (Å²) in [5.41, 5.74) is 1.53. The van der Waals surface area contributed by atoms with Gasteiger partial charge in [0.05, 0.1) is 12.5 Å². The molecule has 2 aromatic rings. The maximum atomic E-state index is 12.8. The van der Waals surface area contributed by atoms with Crippen molar-refractivity contribution in [3.8, 4) is 0 Å². The van der Waals surface area contributed by atoms with E-state index in [1.165, 1.54) is 0 Å². The number of aliphatic carboxylic acids is 1. The fourth-order valence-electron chi connectivity index (χ4n) is 3.25. The Hall–Kier alpha value is -2.84. The van der Waals surface area contributed by atoms with Gasteiger partial charge in [-0.1, -0.05) is 18.2 Å². The van der Waals surface area contributed by atoms with Gasteiger partial charge in [-0.3, -0.25) is 14.4 Å². The Bertz CT molecular complexity index is 910. The third-order valence-corrected chi connectivity index (χ3v) is 5.56. The zero-order valence-electron chi connectivity index (χ0n) is 16.6. The van der Waals surface area contributed by atoms with E-state index < -0.39 is 24.0 Å². The molecule has 2 aromatic carbocycles. The molecule has 8 heteroatoms. The van der Waals surface area contributed by atoms with Gasteiger partial charge in [0.1, 0.15) is 6.10 Å². The second kappa shape index (κ2) is 10.3. The third-order valence-electron chi connectivity index (χ3n) is 4.82. The lowest BCUT2D eigenvalue weighted by Crippen LogP contribution is -2.30. The van der Waals surface area contributed by atoms with Gasteiger partial charge in [0.2, 0.25) is 0 Å². The van der Waals surface area contributed by atoms with E-state index in [4.69, 9.17) is 4.74 Å². The number of hydrogen-bond donors (Lipinski definition) is 3. The van der Waals surface area contributed by atoms with E-state index in [0.717, 1.165) is 11.3 Å². The number of nitrogens with one attached hydrogen (secondary N) is 2. The predicted molar refractivity (Wildman–Crippen MR) is 115 cm³/mol. The first kappa shape index (κ1) is 21.9. The third kappa shape index (κ3) is 5.84. The van der Waals surface area contributed by atoms with Gasteiger partial charge >= 0.3 is 5.97 Å². The summed E-state index contributed by atoms with van der Waals surface area (Å²) < 4.78 is 5.37. The van der Waals surface area contributed by atoms with Crippen LogP contribution >= 0.6 is 11.8 Å². The number of carboxylic acid groups (broad SMARTS) is 1. The number of amides is 2. The molecule has 7 nitrogen and oxygen atoms in total. The fraction of sp³-hybridized carbons (Fsp3) is 0.318. The highest BCUT2D eigenvalue weighted by molar-refractivity contribution is 7.98. The van der Waals surface area contributed by atoms with Gasteiger partial charge < -0.3 is 20.5 Å². The second-order valence-corrected chi connectivity index (χ2v) is 7.85. The number of carbonyl (C=O) groups is 3. The van der Waals surface area contributed by atoms with Crippen LogP contribution in [0.3, 0.4) is 0 Å². The highest BCUT2D eigenvalue weighted by Crippen LogP contribution is 2.22. The molecule has 1 fully saturated rings. The number of anilines is 1. The van der Waals surface area contributed by atoms with Crippen LogP contribution in [0.15, 0.2) is 53.4 Å². The van der Waals surface area contributed by atoms with E-state index in [1.807, 2.05) is 30.5 Å². The smallest absolute Gasteiger partial charge is 0.305 e. The standard InChI is InChI=1S/C22H24N2O5S/c1-30-17-9-7-14(8-10-17)18(13-20(25)26)24-21(27)15-4-2-5-16(12-15)23-22(28)19-6-3-11-29-19/h2,4-5,7-10,12,18-19H,3,6,11,13H2,1H3,(H,23,28)(H,24,27)(H,25,26)/t18-,19-/m1/s1. The van der Waals surface area contributed by atoms with Gasteiger partial charge in [0, 0.05) is 22.8 Å². The molecule has 30 heavy (non-hydrogen) atoms. The molecule has 1 saturated heterocycles. The quantitative estimate of drug-likeness (QED) is 0.556. The minimum atomic E-state index is -1.01. The summed E-state index contributed by atoms with van der Waals surface area (Å²) in [6.07, 6.45) is 2.78. The number of ether oxygens (including phenoxy) is 1. The summed E-state index contributed by atoms with van der Waals surface area (Å²) in [7, 11) is 0. The van der Waals surface area contributed by atoms with Gasteiger partial charge in [-0.15, -0.1) is 11.8 Å². The lowest BCUT2D eigenvalue weighted by Gasteiger charge is -2.18. The van der Waals surface area contributed by atoms with Gasteiger partial charge in [-0.2, -0.15) is 0 Å². The summed E-state index contributed by atoms with van der Waals surface area (Å²) in [6, 6.07) is 13.3. The summed E-state index contributed by atoms with van der Waals surface area (Å²) >= 11 is 1.58. The normalized spacial score (nSPS) is 16.6. The largest absolute Gasteiger partial charge is 0.481 e. The average Bonchev–Trinajstić information content (AvgIpc) is 3.28. The number of hydrogen-bond acceptors (Lipinski definition) is 5. The molecular formula is C22H24N2O5S. The maximum Gasteiger partial charge on any atom is 0.305 e. The lowest BCUT2D eigenvalue weighted by atomic mass is 10.0. The number of benzene rings is 2. The molecule has 2 atom stereocenters. The molecule has 0 saturated carbocycles.